The molecular formula is C11H11F2N3O. The van der Waals surface area contributed by atoms with Gasteiger partial charge in [0.25, 0.3) is 0 Å². The molecule has 1 unspecified atom stereocenters. The first-order chi connectivity index (χ1) is 8.11. The molecule has 2 rings (SSSR count). The van der Waals surface area contributed by atoms with Gasteiger partial charge in [-0.25, -0.2) is 13.8 Å². The molecule has 0 saturated heterocycles. The van der Waals surface area contributed by atoms with Gasteiger partial charge in [0.1, 0.15) is 11.9 Å². The highest BCUT2D eigenvalue weighted by Crippen LogP contribution is 2.21. The summed E-state index contributed by atoms with van der Waals surface area (Å²) in [5, 5.41) is 9.44. The van der Waals surface area contributed by atoms with Gasteiger partial charge in [0, 0.05) is 12.1 Å². The Hall–Kier alpha value is -1.79. The van der Waals surface area contributed by atoms with Crippen LogP contribution in [0.4, 0.5) is 8.78 Å². The zero-order valence-electron chi connectivity index (χ0n) is 8.82. The number of aromatic nitrogens is 2. The molecular weight excluding hydrogens is 228 g/mol. The van der Waals surface area contributed by atoms with Crippen LogP contribution in [0.5, 0.6) is 0 Å². The number of hydrogen-bond donors (Lipinski definition) is 3. The average Bonchev–Trinajstić information content (AvgIpc) is 2.81. The van der Waals surface area contributed by atoms with Crippen LogP contribution < -0.4 is 5.73 Å². The van der Waals surface area contributed by atoms with Crippen molar-refractivity contribution in [1.29, 1.82) is 0 Å². The highest BCUT2D eigenvalue weighted by atomic mass is 19.2. The van der Waals surface area contributed by atoms with E-state index in [2.05, 4.69) is 9.97 Å². The summed E-state index contributed by atoms with van der Waals surface area (Å²) in [5.41, 5.74) is 6.22. The van der Waals surface area contributed by atoms with Crippen LogP contribution in [-0.2, 0) is 0 Å². The number of hydrogen-bond acceptors (Lipinski definition) is 3. The van der Waals surface area contributed by atoms with Gasteiger partial charge < -0.3 is 15.8 Å². The van der Waals surface area contributed by atoms with E-state index in [1.165, 1.54) is 12.3 Å². The van der Waals surface area contributed by atoms with Gasteiger partial charge in [0.2, 0.25) is 0 Å². The number of aliphatic hydroxyl groups is 1. The lowest BCUT2D eigenvalue weighted by Crippen LogP contribution is -2.12. The molecule has 1 heterocycles. The second kappa shape index (κ2) is 4.60. The van der Waals surface area contributed by atoms with Crippen molar-refractivity contribution in [1.82, 2.24) is 9.97 Å². The normalized spacial score (nSPS) is 12.7. The molecule has 4 N–H and O–H groups in total. The fraction of sp³-hybridized carbons (Fsp3) is 0.182. The minimum atomic E-state index is -0.932. The number of aromatic amines is 1. The maximum Gasteiger partial charge on any atom is 0.159 e. The van der Waals surface area contributed by atoms with Crippen molar-refractivity contribution < 1.29 is 13.9 Å². The van der Waals surface area contributed by atoms with Gasteiger partial charge in [-0.15, -0.1) is 0 Å². The first-order valence-corrected chi connectivity index (χ1v) is 5.00. The van der Waals surface area contributed by atoms with Gasteiger partial charge in [0.05, 0.1) is 11.9 Å². The van der Waals surface area contributed by atoms with Crippen LogP contribution in [0.2, 0.25) is 0 Å². The summed E-state index contributed by atoms with van der Waals surface area (Å²) < 4.78 is 25.8. The van der Waals surface area contributed by atoms with E-state index in [0.29, 0.717) is 17.1 Å². The highest BCUT2D eigenvalue weighted by molar-refractivity contribution is 5.58. The molecule has 90 valence electrons. The number of rotatable bonds is 3. The number of imidazole rings is 1. The summed E-state index contributed by atoms with van der Waals surface area (Å²) >= 11 is 0. The van der Waals surface area contributed by atoms with E-state index in [1.807, 2.05) is 0 Å². The molecule has 0 aliphatic rings. The van der Waals surface area contributed by atoms with Gasteiger partial charge in [-0.3, -0.25) is 0 Å². The predicted octanol–water partition coefficient (Wildman–Crippen LogP) is 1.35. The van der Waals surface area contributed by atoms with Crippen LogP contribution in [0.3, 0.4) is 0 Å². The molecule has 0 radical (unpaired) electrons. The molecule has 1 aromatic heterocycles. The van der Waals surface area contributed by atoms with E-state index in [-0.39, 0.29) is 6.54 Å². The molecule has 2 aromatic rings. The number of nitrogens with one attached hydrogen (secondary N) is 1. The fourth-order valence-corrected chi connectivity index (χ4v) is 1.43. The number of halogens is 2. The maximum absolute atomic E-state index is 13.0. The smallest absolute Gasteiger partial charge is 0.159 e. The number of nitrogens with two attached hydrogens (primary N) is 1. The van der Waals surface area contributed by atoms with E-state index in [9.17, 15) is 13.9 Å². The van der Waals surface area contributed by atoms with Crippen molar-refractivity contribution in [2.45, 2.75) is 6.10 Å². The lowest BCUT2D eigenvalue weighted by atomic mass is 10.1. The quantitative estimate of drug-likeness (QED) is 0.756. The van der Waals surface area contributed by atoms with Crippen LogP contribution >= 0.6 is 0 Å². The van der Waals surface area contributed by atoms with Crippen molar-refractivity contribution in [2.24, 2.45) is 5.73 Å². The molecule has 1 aromatic carbocycles. The van der Waals surface area contributed by atoms with Crippen LogP contribution in [-0.4, -0.2) is 21.6 Å². The van der Waals surface area contributed by atoms with Crippen molar-refractivity contribution in [2.75, 3.05) is 6.54 Å². The molecule has 0 aliphatic heterocycles. The molecule has 0 saturated carbocycles. The van der Waals surface area contributed by atoms with Crippen molar-refractivity contribution >= 4 is 0 Å². The van der Waals surface area contributed by atoms with E-state index < -0.39 is 17.7 Å². The third kappa shape index (κ3) is 2.32. The summed E-state index contributed by atoms with van der Waals surface area (Å²) in [7, 11) is 0. The monoisotopic (exact) mass is 239 g/mol. The zero-order valence-corrected chi connectivity index (χ0v) is 8.82. The predicted molar refractivity (Wildman–Crippen MR) is 58.0 cm³/mol. The van der Waals surface area contributed by atoms with Gasteiger partial charge in [-0.05, 0) is 18.2 Å². The number of benzene rings is 1. The second-order valence-electron chi connectivity index (χ2n) is 3.56. The van der Waals surface area contributed by atoms with Crippen molar-refractivity contribution in [3.63, 3.8) is 0 Å². The lowest BCUT2D eigenvalue weighted by molar-refractivity contribution is 0.177. The largest absolute Gasteiger partial charge is 0.384 e. The molecule has 0 aliphatic carbocycles. The topological polar surface area (TPSA) is 74.9 Å². The second-order valence-corrected chi connectivity index (χ2v) is 3.56. The standard InChI is InChI=1S/C11H11F2N3O/c12-7-2-1-6(3-8(7)13)9-5-15-11(16-9)10(17)4-14/h1-3,5,10,17H,4,14H2,(H,15,16). The minimum Gasteiger partial charge on any atom is -0.384 e. The van der Waals surface area contributed by atoms with Gasteiger partial charge in [0.15, 0.2) is 11.6 Å². The van der Waals surface area contributed by atoms with Gasteiger partial charge >= 0.3 is 0 Å². The minimum absolute atomic E-state index is 0.0325. The maximum atomic E-state index is 13.0. The Morgan fingerprint density at radius 3 is 2.76 bits per heavy atom. The Balaban J connectivity index is 2.33. The van der Waals surface area contributed by atoms with E-state index >= 15 is 0 Å². The molecule has 6 heteroatoms. The Bertz CT molecular complexity index is 527. The van der Waals surface area contributed by atoms with Crippen molar-refractivity contribution in [3.05, 3.63) is 41.9 Å². The van der Waals surface area contributed by atoms with Gasteiger partial charge in [-0.1, -0.05) is 0 Å². The molecule has 4 nitrogen and oxygen atoms in total. The summed E-state index contributed by atoms with van der Waals surface area (Å²) in [4.78, 5) is 6.71. The zero-order chi connectivity index (χ0) is 12.4. The van der Waals surface area contributed by atoms with Gasteiger partial charge in [-0.2, -0.15) is 0 Å². The number of aliphatic hydroxyl groups excluding tert-OH is 1. The van der Waals surface area contributed by atoms with Crippen LogP contribution in [0, 0.1) is 11.6 Å². The third-order valence-corrected chi connectivity index (χ3v) is 2.36. The first kappa shape index (κ1) is 11.7. The Labute approximate surface area is 96.1 Å². The summed E-state index contributed by atoms with van der Waals surface area (Å²) in [6, 6.07) is 3.51. The molecule has 0 amide bonds. The van der Waals surface area contributed by atoms with E-state index in [4.69, 9.17) is 5.73 Å². The molecule has 17 heavy (non-hydrogen) atoms. The van der Waals surface area contributed by atoms with E-state index in [0.717, 1.165) is 12.1 Å². The Morgan fingerprint density at radius 2 is 2.12 bits per heavy atom. The highest BCUT2D eigenvalue weighted by Gasteiger charge is 2.11. The number of nitrogens with zero attached hydrogens (tertiary/aromatic N) is 1. The average molecular weight is 239 g/mol. The molecule has 0 spiro atoms. The molecule has 0 fully saturated rings. The summed E-state index contributed by atoms with van der Waals surface area (Å²) in [6.07, 6.45) is 0.537. The Morgan fingerprint density at radius 1 is 1.35 bits per heavy atom. The molecule has 0 bridgehead atoms. The fourth-order valence-electron chi connectivity index (χ4n) is 1.43. The van der Waals surface area contributed by atoms with Crippen LogP contribution in [0.15, 0.2) is 24.4 Å². The molecule has 1 atom stereocenters. The van der Waals surface area contributed by atoms with Crippen molar-refractivity contribution in [3.8, 4) is 11.3 Å². The SMILES string of the molecule is NCC(O)c1ncc(-c2ccc(F)c(F)c2)[nH]1. The first-order valence-electron chi connectivity index (χ1n) is 5.00. The third-order valence-electron chi connectivity index (χ3n) is 2.36. The summed E-state index contributed by atoms with van der Waals surface area (Å²) in [6.45, 7) is 0.0325. The number of H-pyrrole nitrogens is 1. The van der Waals surface area contributed by atoms with Crippen LogP contribution in [0.1, 0.15) is 11.9 Å². The van der Waals surface area contributed by atoms with Crippen LogP contribution in [0.25, 0.3) is 11.3 Å². The summed E-state index contributed by atoms with van der Waals surface area (Å²) in [5.74, 6) is -1.54. The Kier molecular flexibility index (Phi) is 3.16. The lowest BCUT2D eigenvalue weighted by Gasteiger charge is -2.02. The van der Waals surface area contributed by atoms with E-state index in [1.54, 1.807) is 0 Å².